The minimum Gasteiger partial charge on any atom is -0.382 e. The summed E-state index contributed by atoms with van der Waals surface area (Å²) >= 11 is 0. The number of anilines is 1. The topological polar surface area (TPSA) is 45.2 Å². The molecule has 0 spiro atoms. The Morgan fingerprint density at radius 2 is 1.75 bits per heavy atom. The molecule has 1 aromatic carbocycles. The lowest BCUT2D eigenvalue weighted by molar-refractivity contribution is 0.0707. The van der Waals surface area contributed by atoms with Gasteiger partial charge < -0.3 is 10.2 Å². The van der Waals surface area contributed by atoms with Gasteiger partial charge >= 0.3 is 0 Å². The molecule has 7 heteroatoms. The first-order valence-electron chi connectivity index (χ1n) is 7.65. The second kappa shape index (κ2) is 6.90. The highest BCUT2D eigenvalue weighted by Gasteiger charge is 2.26. The molecule has 0 aliphatic carbocycles. The third kappa shape index (κ3) is 3.67. The molecule has 24 heavy (non-hydrogen) atoms. The molecule has 1 aromatic heterocycles. The fraction of sp³-hybridized carbons (Fsp3) is 0.294. The van der Waals surface area contributed by atoms with Gasteiger partial charge in [0.1, 0.15) is 11.6 Å². The number of nitrogens with zero attached hydrogens (tertiary/aromatic N) is 2. The van der Waals surface area contributed by atoms with E-state index < -0.39 is 17.5 Å². The summed E-state index contributed by atoms with van der Waals surface area (Å²) in [6.07, 6.45) is 2.18. The van der Waals surface area contributed by atoms with E-state index in [-0.39, 0.29) is 17.6 Å². The molecule has 2 aromatic rings. The Hall–Kier alpha value is -2.57. The van der Waals surface area contributed by atoms with Crippen molar-refractivity contribution in [1.29, 1.82) is 0 Å². The lowest BCUT2D eigenvalue weighted by Gasteiger charge is -2.32. The maximum absolute atomic E-state index is 13.7. The van der Waals surface area contributed by atoms with Gasteiger partial charge in [0.25, 0.3) is 5.91 Å². The van der Waals surface area contributed by atoms with Crippen molar-refractivity contribution >= 4 is 11.6 Å². The van der Waals surface area contributed by atoms with Crippen molar-refractivity contribution < 1.29 is 18.0 Å². The van der Waals surface area contributed by atoms with Crippen LogP contribution in [0, 0.1) is 17.5 Å². The number of pyridine rings is 1. The van der Waals surface area contributed by atoms with Crippen LogP contribution in [0.4, 0.5) is 18.9 Å². The number of carbonyl (C=O) groups excluding carboxylic acids is 1. The number of halogens is 3. The first kappa shape index (κ1) is 16.3. The molecular formula is C17H16F3N3O. The van der Waals surface area contributed by atoms with Crippen LogP contribution in [0.15, 0.2) is 36.5 Å². The van der Waals surface area contributed by atoms with Gasteiger partial charge in [-0.25, -0.2) is 18.2 Å². The minimum absolute atomic E-state index is 0.144. The monoisotopic (exact) mass is 335 g/mol. The molecule has 4 nitrogen and oxygen atoms in total. The summed E-state index contributed by atoms with van der Waals surface area (Å²) in [7, 11) is 0. The van der Waals surface area contributed by atoms with Gasteiger partial charge in [-0.3, -0.25) is 4.79 Å². The van der Waals surface area contributed by atoms with Gasteiger partial charge in [-0.1, -0.05) is 0 Å². The molecule has 0 atom stereocenters. The average molecular weight is 335 g/mol. The van der Waals surface area contributed by atoms with Crippen molar-refractivity contribution in [3.63, 3.8) is 0 Å². The Morgan fingerprint density at radius 1 is 1.08 bits per heavy atom. The average Bonchev–Trinajstić information content (AvgIpc) is 2.57. The van der Waals surface area contributed by atoms with Gasteiger partial charge in [-0.05, 0) is 37.1 Å². The van der Waals surface area contributed by atoms with Crippen LogP contribution in [0.3, 0.4) is 0 Å². The molecular weight excluding hydrogens is 319 g/mol. The number of likely N-dealkylation sites (tertiary alicyclic amines) is 1. The summed E-state index contributed by atoms with van der Waals surface area (Å²) < 4.78 is 39.4. The van der Waals surface area contributed by atoms with E-state index in [9.17, 15) is 18.0 Å². The number of rotatable bonds is 3. The molecule has 126 valence electrons. The maximum Gasteiger partial charge on any atom is 0.275 e. The zero-order valence-corrected chi connectivity index (χ0v) is 12.8. The normalized spacial score (nSPS) is 15.4. The Bertz CT molecular complexity index is 728. The SMILES string of the molecule is O=C(c1ncc(F)cc1F)N1CCC(Nc2ccc(F)cc2)CC1. The molecule has 1 saturated heterocycles. The van der Waals surface area contributed by atoms with Gasteiger partial charge in [0, 0.05) is 30.9 Å². The van der Waals surface area contributed by atoms with Crippen LogP contribution in [-0.2, 0) is 0 Å². The van der Waals surface area contributed by atoms with Crippen LogP contribution in [0.2, 0.25) is 0 Å². The smallest absolute Gasteiger partial charge is 0.275 e. The van der Waals surface area contributed by atoms with Crippen LogP contribution in [-0.4, -0.2) is 34.9 Å². The van der Waals surface area contributed by atoms with Gasteiger partial charge in [0.05, 0.1) is 6.20 Å². The third-order valence-electron chi connectivity index (χ3n) is 4.01. The molecule has 1 amide bonds. The molecule has 2 heterocycles. The fourth-order valence-electron chi connectivity index (χ4n) is 2.73. The quantitative estimate of drug-likeness (QED) is 0.937. The van der Waals surface area contributed by atoms with Crippen molar-refractivity contribution in [2.24, 2.45) is 0 Å². The molecule has 1 aliphatic rings. The first-order chi connectivity index (χ1) is 11.5. The molecule has 3 rings (SSSR count). The minimum atomic E-state index is -0.952. The number of carbonyl (C=O) groups is 1. The van der Waals surface area contributed by atoms with Crippen LogP contribution in [0.5, 0.6) is 0 Å². The van der Waals surface area contributed by atoms with Crippen molar-refractivity contribution in [1.82, 2.24) is 9.88 Å². The summed E-state index contributed by atoms with van der Waals surface area (Å²) in [6, 6.07) is 6.87. The van der Waals surface area contributed by atoms with Crippen molar-refractivity contribution in [2.45, 2.75) is 18.9 Å². The Labute approximate surface area is 137 Å². The molecule has 0 radical (unpaired) electrons. The van der Waals surface area contributed by atoms with Gasteiger partial charge in [0.15, 0.2) is 11.5 Å². The summed E-state index contributed by atoms with van der Waals surface area (Å²) in [5, 5.41) is 3.28. The van der Waals surface area contributed by atoms with Crippen molar-refractivity contribution in [2.75, 3.05) is 18.4 Å². The second-order valence-corrected chi connectivity index (χ2v) is 5.70. The third-order valence-corrected chi connectivity index (χ3v) is 4.01. The molecule has 1 N–H and O–H groups in total. The molecule has 0 unspecified atom stereocenters. The summed E-state index contributed by atoms with van der Waals surface area (Å²) in [5.74, 6) is -2.60. The predicted octanol–water partition coefficient (Wildman–Crippen LogP) is 3.22. The van der Waals surface area contributed by atoms with Gasteiger partial charge in [0.2, 0.25) is 0 Å². The summed E-state index contributed by atoms with van der Waals surface area (Å²) in [6.45, 7) is 0.881. The van der Waals surface area contributed by atoms with E-state index in [2.05, 4.69) is 10.3 Å². The largest absolute Gasteiger partial charge is 0.382 e. The van der Waals surface area contributed by atoms with Crippen molar-refractivity contribution in [3.8, 4) is 0 Å². The maximum atomic E-state index is 13.7. The summed E-state index contributed by atoms with van der Waals surface area (Å²) in [5.41, 5.74) is 0.453. The zero-order chi connectivity index (χ0) is 17.1. The van der Waals surface area contributed by atoms with Crippen LogP contribution in [0.25, 0.3) is 0 Å². The highest BCUT2D eigenvalue weighted by Crippen LogP contribution is 2.19. The van der Waals surface area contributed by atoms with Crippen molar-refractivity contribution in [3.05, 3.63) is 59.7 Å². The van der Waals surface area contributed by atoms with E-state index in [0.29, 0.717) is 32.0 Å². The fourth-order valence-corrected chi connectivity index (χ4v) is 2.73. The number of piperidine rings is 1. The summed E-state index contributed by atoms with van der Waals surface area (Å²) in [4.78, 5) is 17.3. The van der Waals surface area contributed by atoms with Crippen LogP contribution < -0.4 is 5.32 Å². The Balaban J connectivity index is 1.58. The lowest BCUT2D eigenvalue weighted by atomic mass is 10.0. The Morgan fingerprint density at radius 3 is 2.38 bits per heavy atom. The van der Waals surface area contributed by atoms with E-state index in [1.807, 2.05) is 0 Å². The number of aromatic nitrogens is 1. The highest BCUT2D eigenvalue weighted by atomic mass is 19.1. The van der Waals surface area contributed by atoms with E-state index in [1.165, 1.54) is 17.0 Å². The predicted molar refractivity (Wildman–Crippen MR) is 83.1 cm³/mol. The molecule has 0 bridgehead atoms. The van der Waals surface area contributed by atoms with Gasteiger partial charge in [-0.15, -0.1) is 0 Å². The number of benzene rings is 1. The van der Waals surface area contributed by atoms with E-state index in [4.69, 9.17) is 0 Å². The van der Waals surface area contributed by atoms with E-state index in [1.54, 1.807) is 12.1 Å². The molecule has 1 fully saturated rings. The van der Waals surface area contributed by atoms with E-state index in [0.717, 1.165) is 11.9 Å². The highest BCUT2D eigenvalue weighted by molar-refractivity contribution is 5.92. The lowest BCUT2D eigenvalue weighted by Crippen LogP contribution is -2.43. The Kier molecular flexibility index (Phi) is 4.69. The van der Waals surface area contributed by atoms with Gasteiger partial charge in [-0.2, -0.15) is 0 Å². The number of nitrogens with one attached hydrogen (secondary N) is 1. The molecule has 1 aliphatic heterocycles. The van der Waals surface area contributed by atoms with Crippen LogP contribution >= 0.6 is 0 Å². The number of hydrogen-bond acceptors (Lipinski definition) is 3. The second-order valence-electron chi connectivity index (χ2n) is 5.70. The first-order valence-corrected chi connectivity index (χ1v) is 7.65. The van der Waals surface area contributed by atoms with E-state index >= 15 is 0 Å². The van der Waals surface area contributed by atoms with Crippen LogP contribution in [0.1, 0.15) is 23.3 Å². The number of amides is 1. The standard InChI is InChI=1S/C17H16F3N3O/c18-11-1-3-13(4-2-11)22-14-5-7-23(8-6-14)17(24)16-15(20)9-12(19)10-21-16/h1-4,9-10,14,22H,5-8H2. The molecule has 0 saturated carbocycles. The number of hydrogen-bond donors (Lipinski definition) is 1. The zero-order valence-electron chi connectivity index (χ0n) is 12.8.